The zero-order chi connectivity index (χ0) is 28.9. The van der Waals surface area contributed by atoms with Crippen LogP contribution in [0, 0.1) is 0 Å². The van der Waals surface area contributed by atoms with Crippen LogP contribution >= 0.6 is 0 Å². The van der Waals surface area contributed by atoms with E-state index in [2.05, 4.69) is 22.8 Å². The number of carbonyl (C=O) groups is 2. The molecule has 3 N–H and O–H groups in total. The van der Waals surface area contributed by atoms with Gasteiger partial charge in [0, 0.05) is 37.2 Å². The number of aryl methyl sites for hydroxylation is 1. The molecule has 0 radical (unpaired) electrons. The van der Waals surface area contributed by atoms with Crippen molar-refractivity contribution in [3.63, 3.8) is 0 Å². The molecule has 9 nitrogen and oxygen atoms in total. The Morgan fingerprint density at radius 3 is 2.00 bits per heavy atom. The minimum Gasteiger partial charge on any atom is -0.508 e. The molecule has 3 aromatic carbocycles. The summed E-state index contributed by atoms with van der Waals surface area (Å²) in [4.78, 5) is 32.2. The van der Waals surface area contributed by atoms with Gasteiger partial charge in [0.05, 0.1) is 21.3 Å². The van der Waals surface area contributed by atoms with Crippen LogP contribution in [-0.4, -0.2) is 61.9 Å². The summed E-state index contributed by atoms with van der Waals surface area (Å²) < 4.78 is 11.0. The monoisotopic (exact) mass is 549 g/mol. The number of aromatic hydroxyl groups is 1. The third-order valence-corrected chi connectivity index (χ3v) is 6.59. The number of phenols is 1. The van der Waals surface area contributed by atoms with E-state index in [1.807, 2.05) is 48.5 Å². The molecule has 0 heterocycles. The topological polar surface area (TPSA) is 109 Å². The first-order valence-electron chi connectivity index (χ1n) is 13.3. The lowest BCUT2D eigenvalue weighted by atomic mass is 10.0. The molecule has 214 valence electrons. The number of hydrogen-bond donors (Lipinski definition) is 3. The quantitative estimate of drug-likeness (QED) is 0.196. The van der Waals surface area contributed by atoms with E-state index in [0.29, 0.717) is 30.2 Å². The first kappa shape index (κ1) is 30.5. The molecule has 2 atom stereocenters. The fraction of sp³-hybridized carbons (Fsp3) is 0.355. The highest BCUT2D eigenvalue weighted by Crippen LogP contribution is 2.35. The van der Waals surface area contributed by atoms with Gasteiger partial charge in [-0.1, -0.05) is 60.7 Å². The van der Waals surface area contributed by atoms with Gasteiger partial charge in [-0.05, 0) is 30.9 Å². The SMILES string of the molecule is COc1cc(O)cc(OC)c1C[C@@H](C(=O)N[C@H](C)C(=O)NCCCc1ccccc1)N(Cc1ccccc1)OC. The van der Waals surface area contributed by atoms with Crippen LogP contribution in [0.5, 0.6) is 17.2 Å². The van der Waals surface area contributed by atoms with Gasteiger partial charge in [-0.25, -0.2) is 0 Å². The molecule has 0 bridgehead atoms. The van der Waals surface area contributed by atoms with Crippen LogP contribution in [0.4, 0.5) is 0 Å². The Morgan fingerprint density at radius 2 is 1.45 bits per heavy atom. The van der Waals surface area contributed by atoms with Crippen molar-refractivity contribution in [1.82, 2.24) is 15.7 Å². The van der Waals surface area contributed by atoms with Crippen LogP contribution in [0.1, 0.15) is 30.0 Å². The van der Waals surface area contributed by atoms with Gasteiger partial charge in [0.15, 0.2) is 0 Å². The lowest BCUT2D eigenvalue weighted by Crippen LogP contribution is -2.53. The summed E-state index contributed by atoms with van der Waals surface area (Å²) in [5, 5.41) is 17.4. The van der Waals surface area contributed by atoms with Gasteiger partial charge in [0.2, 0.25) is 11.8 Å². The van der Waals surface area contributed by atoms with Crippen LogP contribution in [0.2, 0.25) is 0 Å². The zero-order valence-corrected chi connectivity index (χ0v) is 23.6. The molecule has 0 unspecified atom stereocenters. The summed E-state index contributed by atoms with van der Waals surface area (Å²) in [7, 11) is 4.46. The summed E-state index contributed by atoms with van der Waals surface area (Å²) in [6.07, 6.45) is 1.76. The van der Waals surface area contributed by atoms with Gasteiger partial charge in [-0.15, -0.1) is 0 Å². The van der Waals surface area contributed by atoms with Crippen LogP contribution in [0.25, 0.3) is 0 Å². The van der Waals surface area contributed by atoms with Crippen LogP contribution in [-0.2, 0) is 33.8 Å². The first-order valence-corrected chi connectivity index (χ1v) is 13.3. The number of rotatable bonds is 15. The van der Waals surface area contributed by atoms with Gasteiger partial charge in [-0.2, -0.15) is 5.06 Å². The van der Waals surface area contributed by atoms with E-state index >= 15 is 0 Å². The molecule has 0 aliphatic heterocycles. The average molecular weight is 550 g/mol. The van der Waals surface area contributed by atoms with E-state index in [4.69, 9.17) is 14.3 Å². The maximum absolute atomic E-state index is 13.7. The Balaban J connectivity index is 1.74. The number of methoxy groups -OCH3 is 2. The molecule has 3 aromatic rings. The first-order chi connectivity index (χ1) is 19.4. The highest BCUT2D eigenvalue weighted by atomic mass is 16.7. The molecule has 0 aliphatic rings. The number of benzene rings is 3. The van der Waals surface area contributed by atoms with Crippen LogP contribution < -0.4 is 20.1 Å². The molecule has 0 aromatic heterocycles. The third kappa shape index (κ3) is 8.72. The summed E-state index contributed by atoms with van der Waals surface area (Å²) in [6.45, 7) is 2.47. The number of ether oxygens (including phenoxy) is 2. The number of nitrogens with one attached hydrogen (secondary N) is 2. The van der Waals surface area contributed by atoms with Crippen molar-refractivity contribution in [2.75, 3.05) is 27.9 Å². The Hall–Kier alpha value is -4.08. The van der Waals surface area contributed by atoms with E-state index < -0.39 is 18.0 Å². The van der Waals surface area contributed by atoms with Crippen molar-refractivity contribution in [1.29, 1.82) is 0 Å². The van der Waals surface area contributed by atoms with E-state index in [0.717, 1.165) is 18.4 Å². The molecule has 3 rings (SSSR count). The maximum atomic E-state index is 13.7. The summed E-state index contributed by atoms with van der Waals surface area (Å²) in [6, 6.07) is 21.0. The molecule has 0 aliphatic carbocycles. The van der Waals surface area contributed by atoms with Gasteiger partial charge in [0.25, 0.3) is 0 Å². The second-order valence-electron chi connectivity index (χ2n) is 9.40. The zero-order valence-electron chi connectivity index (χ0n) is 23.6. The van der Waals surface area contributed by atoms with Crippen molar-refractivity contribution < 1.29 is 29.0 Å². The predicted octanol–water partition coefficient (Wildman–Crippen LogP) is 3.64. The highest BCUT2D eigenvalue weighted by molar-refractivity contribution is 5.89. The molecule has 2 amide bonds. The van der Waals surface area contributed by atoms with E-state index in [1.54, 1.807) is 12.0 Å². The van der Waals surface area contributed by atoms with Crippen LogP contribution in [0.3, 0.4) is 0 Å². The van der Waals surface area contributed by atoms with Gasteiger partial charge >= 0.3 is 0 Å². The van der Waals surface area contributed by atoms with Gasteiger partial charge in [0.1, 0.15) is 29.3 Å². The Labute approximate surface area is 236 Å². The summed E-state index contributed by atoms with van der Waals surface area (Å²) >= 11 is 0. The normalized spacial score (nSPS) is 12.4. The molecule has 0 fully saturated rings. The van der Waals surface area contributed by atoms with Crippen molar-refractivity contribution in [2.24, 2.45) is 0 Å². The van der Waals surface area contributed by atoms with Gasteiger partial charge in [-0.3, -0.25) is 9.59 Å². The number of nitrogens with zero attached hydrogens (tertiary/aromatic N) is 1. The van der Waals surface area contributed by atoms with E-state index in [1.165, 1.54) is 39.0 Å². The maximum Gasteiger partial charge on any atom is 0.242 e. The lowest BCUT2D eigenvalue weighted by Gasteiger charge is -2.30. The predicted molar refractivity (Wildman–Crippen MR) is 153 cm³/mol. The molecule has 0 spiro atoms. The van der Waals surface area contributed by atoms with Crippen molar-refractivity contribution in [3.05, 3.63) is 89.5 Å². The standard InChI is InChI=1S/C31H39N3O6/c1-22(30(36)32-17-11-16-23-12-7-5-8-13-23)33-31(37)27(34(40-4)21-24-14-9-6-10-15-24)20-26-28(38-2)18-25(35)19-29(26)39-3/h5-10,12-15,18-19,22,27,35H,11,16-17,20-21H2,1-4H3,(H,32,36)(H,33,37)/t22-,27+/m1/s1. The van der Waals surface area contributed by atoms with Gasteiger partial charge < -0.3 is 30.1 Å². The van der Waals surface area contributed by atoms with E-state index in [-0.39, 0.29) is 18.1 Å². The smallest absolute Gasteiger partial charge is 0.242 e. The van der Waals surface area contributed by atoms with Crippen molar-refractivity contribution in [2.45, 2.75) is 44.8 Å². The number of hydroxylamine groups is 2. The average Bonchev–Trinajstić information content (AvgIpc) is 2.97. The molecule has 0 saturated carbocycles. The van der Waals surface area contributed by atoms with Crippen LogP contribution in [0.15, 0.2) is 72.8 Å². The Bertz CT molecular complexity index is 1200. The van der Waals surface area contributed by atoms with Crippen molar-refractivity contribution >= 4 is 11.8 Å². The fourth-order valence-electron chi connectivity index (χ4n) is 4.43. The largest absolute Gasteiger partial charge is 0.508 e. The third-order valence-electron chi connectivity index (χ3n) is 6.59. The van der Waals surface area contributed by atoms with Crippen molar-refractivity contribution in [3.8, 4) is 17.2 Å². The number of hydrogen-bond acceptors (Lipinski definition) is 7. The molecule has 9 heteroatoms. The molecule has 40 heavy (non-hydrogen) atoms. The second kappa shape index (κ2) is 15.5. The lowest BCUT2D eigenvalue weighted by molar-refractivity contribution is -0.179. The number of phenolic OH excluding ortho intramolecular Hbond substituents is 1. The highest BCUT2D eigenvalue weighted by Gasteiger charge is 2.31. The minimum absolute atomic E-state index is 0.0242. The fourth-order valence-corrected chi connectivity index (χ4v) is 4.43. The number of carbonyl (C=O) groups excluding carboxylic acids is 2. The Kier molecular flexibility index (Phi) is 11.8. The Morgan fingerprint density at radius 1 is 0.875 bits per heavy atom. The summed E-state index contributed by atoms with van der Waals surface area (Å²) in [5.74, 6) is 0.0435. The number of amides is 2. The molecular formula is C31H39N3O6. The van der Waals surface area contributed by atoms with E-state index in [9.17, 15) is 14.7 Å². The second-order valence-corrected chi connectivity index (χ2v) is 9.40. The minimum atomic E-state index is -0.856. The summed E-state index contributed by atoms with van der Waals surface area (Å²) in [5.41, 5.74) is 2.73. The molecule has 0 saturated heterocycles. The molecular weight excluding hydrogens is 510 g/mol.